The first kappa shape index (κ1) is 17.0. The van der Waals surface area contributed by atoms with Gasteiger partial charge in [-0.15, -0.1) is 0 Å². The van der Waals surface area contributed by atoms with Crippen LogP contribution in [0.4, 0.5) is 0 Å². The molecule has 4 aliphatic carbocycles. The lowest BCUT2D eigenvalue weighted by Crippen LogP contribution is -2.61. The minimum atomic E-state index is -0.656. The van der Waals surface area contributed by atoms with Gasteiger partial charge in [0.25, 0.3) is 0 Å². The van der Waals surface area contributed by atoms with Gasteiger partial charge in [-0.2, -0.15) is 0 Å². The van der Waals surface area contributed by atoms with Crippen molar-refractivity contribution in [2.75, 3.05) is 0 Å². The van der Waals surface area contributed by atoms with Crippen LogP contribution >= 0.6 is 0 Å². The van der Waals surface area contributed by atoms with E-state index in [1.807, 2.05) is 6.92 Å². The van der Waals surface area contributed by atoms with E-state index in [0.29, 0.717) is 35.9 Å². The lowest BCUT2D eigenvalue weighted by molar-refractivity contribution is -0.196. The Morgan fingerprint density at radius 3 is 2.50 bits per heavy atom. The number of ketones is 1. The van der Waals surface area contributed by atoms with E-state index in [2.05, 4.69) is 20.8 Å². The Labute approximate surface area is 146 Å². The van der Waals surface area contributed by atoms with Crippen LogP contribution in [0.2, 0.25) is 0 Å². The molecule has 0 aromatic carbocycles. The molecule has 0 heterocycles. The molecule has 0 unspecified atom stereocenters. The summed E-state index contributed by atoms with van der Waals surface area (Å²) in [5.41, 5.74) is -0.727. The summed E-state index contributed by atoms with van der Waals surface area (Å²) in [6, 6.07) is 0. The van der Waals surface area contributed by atoms with E-state index < -0.39 is 5.60 Å². The average molecular weight is 335 g/mol. The van der Waals surface area contributed by atoms with Crippen LogP contribution in [0.5, 0.6) is 0 Å². The van der Waals surface area contributed by atoms with Crippen molar-refractivity contribution in [3.63, 3.8) is 0 Å². The second kappa shape index (κ2) is 5.07. The van der Waals surface area contributed by atoms with Crippen molar-refractivity contribution in [1.82, 2.24) is 0 Å². The van der Waals surface area contributed by atoms with Gasteiger partial charge in [0.2, 0.25) is 0 Å². The van der Waals surface area contributed by atoms with E-state index in [1.54, 1.807) is 0 Å². The summed E-state index contributed by atoms with van der Waals surface area (Å²) >= 11 is 0. The molecule has 9 atom stereocenters. The Balaban J connectivity index is 1.71. The van der Waals surface area contributed by atoms with Crippen LogP contribution in [0.1, 0.15) is 72.6 Å². The molecule has 0 bridgehead atoms. The number of carbonyl (C=O) groups is 1. The van der Waals surface area contributed by atoms with Gasteiger partial charge in [-0.25, -0.2) is 0 Å². The Morgan fingerprint density at radius 2 is 1.79 bits per heavy atom. The molecule has 4 aliphatic rings. The highest BCUT2D eigenvalue weighted by Gasteiger charge is 2.66. The predicted molar refractivity (Wildman–Crippen MR) is 93.3 cm³/mol. The summed E-state index contributed by atoms with van der Waals surface area (Å²) in [6.45, 7) is 8.63. The molecule has 0 spiro atoms. The van der Waals surface area contributed by atoms with E-state index in [4.69, 9.17) is 0 Å². The van der Waals surface area contributed by atoms with Crippen molar-refractivity contribution >= 4 is 5.78 Å². The molecular formula is C21H34O3. The minimum absolute atomic E-state index is 0.0887. The largest absolute Gasteiger partial charge is 0.393 e. The molecular weight excluding hydrogens is 300 g/mol. The Bertz CT molecular complexity index is 555. The summed E-state index contributed by atoms with van der Waals surface area (Å²) in [6.07, 6.45) is 6.23. The monoisotopic (exact) mass is 334 g/mol. The smallest absolute Gasteiger partial charge is 0.136 e. The quantitative estimate of drug-likeness (QED) is 0.712. The number of hydrogen-bond acceptors (Lipinski definition) is 3. The summed E-state index contributed by atoms with van der Waals surface area (Å²) < 4.78 is 0. The third-order valence-electron chi connectivity index (χ3n) is 9.30. The number of rotatable bonds is 0. The van der Waals surface area contributed by atoms with Crippen LogP contribution in [0.3, 0.4) is 0 Å². The van der Waals surface area contributed by atoms with Crippen molar-refractivity contribution < 1.29 is 15.0 Å². The first-order valence-electron chi connectivity index (χ1n) is 10.0. The van der Waals surface area contributed by atoms with Gasteiger partial charge < -0.3 is 10.2 Å². The van der Waals surface area contributed by atoms with Crippen LogP contribution in [0.25, 0.3) is 0 Å². The molecule has 4 fully saturated rings. The molecule has 0 radical (unpaired) electrons. The van der Waals surface area contributed by atoms with E-state index in [9.17, 15) is 15.0 Å². The maximum absolute atomic E-state index is 12.3. The van der Waals surface area contributed by atoms with Gasteiger partial charge in [0.05, 0.1) is 11.7 Å². The van der Waals surface area contributed by atoms with Gasteiger partial charge in [-0.05, 0) is 74.5 Å². The van der Waals surface area contributed by atoms with E-state index in [0.717, 1.165) is 38.5 Å². The van der Waals surface area contributed by atoms with Crippen LogP contribution in [-0.2, 0) is 4.79 Å². The number of aliphatic hydroxyl groups is 2. The number of carbonyl (C=O) groups excluding carboxylic acids is 1. The normalized spacial score (nSPS) is 60.3. The Hall–Kier alpha value is -0.410. The predicted octanol–water partition coefficient (Wildman–Crippen LogP) is 3.57. The maximum Gasteiger partial charge on any atom is 0.136 e. The average Bonchev–Trinajstić information content (AvgIpc) is 2.70. The SMILES string of the molecule is C[C@@H]1C[C@@]2(C)[C@@H](CC[C@@H]3[C@@H]2[C@H](O)C[C@@]2(C)[C@H]3CC[C@@]2(C)O)CC1=O. The number of fused-ring (bicyclic) bond motifs is 5. The molecule has 0 saturated heterocycles. The molecule has 136 valence electrons. The highest BCUT2D eigenvalue weighted by atomic mass is 16.3. The van der Waals surface area contributed by atoms with Gasteiger partial charge in [-0.3, -0.25) is 4.79 Å². The standard InChI is InChI=1S/C21H34O3/c1-12-10-19(2)13(9-16(12)22)5-6-14-15-7-8-21(4,24)20(15,3)11-17(23)18(14)19/h12-15,17-18,23-24H,5-11H2,1-4H3/t12-,13+,14+,15+,17-,18-,19+,20+,21-/m1/s1. The Morgan fingerprint density at radius 1 is 1.08 bits per heavy atom. The van der Waals surface area contributed by atoms with Crippen molar-refractivity contribution in [2.45, 2.75) is 84.3 Å². The fourth-order valence-electron chi connectivity index (χ4n) is 7.76. The van der Waals surface area contributed by atoms with E-state index in [-0.39, 0.29) is 22.9 Å². The second-order valence-electron chi connectivity index (χ2n) is 10.4. The maximum atomic E-state index is 12.3. The first-order chi connectivity index (χ1) is 11.1. The fourth-order valence-corrected chi connectivity index (χ4v) is 7.76. The first-order valence-corrected chi connectivity index (χ1v) is 10.0. The van der Waals surface area contributed by atoms with Crippen molar-refractivity contribution in [3.8, 4) is 0 Å². The lowest BCUT2D eigenvalue weighted by atomic mass is 9.43. The zero-order valence-corrected chi connectivity index (χ0v) is 15.7. The van der Waals surface area contributed by atoms with E-state index >= 15 is 0 Å². The molecule has 0 aromatic heterocycles. The highest BCUT2D eigenvalue weighted by Crippen LogP contribution is 2.68. The molecule has 4 rings (SSSR count). The van der Waals surface area contributed by atoms with Crippen LogP contribution < -0.4 is 0 Å². The summed E-state index contributed by atoms with van der Waals surface area (Å²) in [4.78, 5) is 12.3. The third kappa shape index (κ3) is 2.00. The number of Topliss-reactive ketones (excluding diaryl/α,β-unsaturated/α-hetero) is 1. The van der Waals surface area contributed by atoms with Gasteiger partial charge in [0.15, 0.2) is 0 Å². The summed E-state index contributed by atoms with van der Waals surface area (Å²) in [5.74, 6) is 2.34. The lowest BCUT2D eigenvalue weighted by Gasteiger charge is -2.62. The topological polar surface area (TPSA) is 57.5 Å². The molecule has 0 aromatic rings. The minimum Gasteiger partial charge on any atom is -0.393 e. The number of aliphatic hydroxyl groups excluding tert-OH is 1. The third-order valence-corrected chi connectivity index (χ3v) is 9.30. The molecule has 24 heavy (non-hydrogen) atoms. The number of hydrogen-bond donors (Lipinski definition) is 2. The summed E-state index contributed by atoms with van der Waals surface area (Å²) in [7, 11) is 0. The van der Waals surface area contributed by atoms with Gasteiger partial charge in [-0.1, -0.05) is 20.8 Å². The van der Waals surface area contributed by atoms with Crippen LogP contribution in [-0.4, -0.2) is 27.7 Å². The Kier molecular flexibility index (Phi) is 3.59. The van der Waals surface area contributed by atoms with Gasteiger partial charge in [0.1, 0.15) is 5.78 Å². The van der Waals surface area contributed by atoms with Crippen molar-refractivity contribution in [3.05, 3.63) is 0 Å². The molecule has 0 aliphatic heterocycles. The molecule has 3 nitrogen and oxygen atoms in total. The molecule has 4 saturated carbocycles. The zero-order valence-electron chi connectivity index (χ0n) is 15.7. The second-order valence-corrected chi connectivity index (χ2v) is 10.4. The molecule has 3 heteroatoms. The fraction of sp³-hybridized carbons (Fsp3) is 0.952. The summed E-state index contributed by atoms with van der Waals surface area (Å²) in [5, 5.41) is 22.2. The van der Waals surface area contributed by atoms with E-state index in [1.165, 1.54) is 0 Å². The van der Waals surface area contributed by atoms with Crippen molar-refractivity contribution in [2.24, 2.45) is 40.4 Å². The van der Waals surface area contributed by atoms with Crippen molar-refractivity contribution in [1.29, 1.82) is 0 Å². The van der Waals surface area contributed by atoms with Gasteiger partial charge >= 0.3 is 0 Å². The van der Waals surface area contributed by atoms with Crippen LogP contribution in [0.15, 0.2) is 0 Å². The molecule has 2 N–H and O–H groups in total. The zero-order chi connectivity index (χ0) is 17.5. The molecule has 0 amide bonds. The van der Waals surface area contributed by atoms with Crippen LogP contribution in [0, 0.1) is 40.4 Å². The van der Waals surface area contributed by atoms with Gasteiger partial charge in [0, 0.05) is 17.8 Å². The highest BCUT2D eigenvalue weighted by molar-refractivity contribution is 5.82.